The molecule has 0 saturated heterocycles. The van der Waals surface area contributed by atoms with Gasteiger partial charge in [-0.05, 0) is 0 Å². The van der Waals surface area contributed by atoms with Gasteiger partial charge in [-0.25, -0.2) is 0 Å². The molecule has 0 bridgehead atoms. The Kier molecular flexibility index (Phi) is 2.98. The summed E-state index contributed by atoms with van der Waals surface area (Å²) in [6.07, 6.45) is 0.681. The highest BCUT2D eigenvalue weighted by atomic mass is 35.5. The third-order valence-corrected chi connectivity index (χ3v) is 1.64. The molecule has 0 amide bonds. The van der Waals surface area contributed by atoms with Crippen molar-refractivity contribution in [3.8, 4) is 0 Å². The smallest absolute Gasteiger partial charge is 0.309 e. The zero-order valence-corrected chi connectivity index (χ0v) is 7.56. The average molecular weight is 217 g/mol. The normalized spacial score (nSPS) is 9.79. The van der Waals surface area contributed by atoms with Gasteiger partial charge in [0, 0.05) is 12.3 Å². The molecule has 74 valence electrons. The molecular formula is C7H5ClN2O4. The first-order chi connectivity index (χ1) is 6.50. The molecule has 1 N–H and O–H groups in total. The molecule has 0 fully saturated rings. The summed E-state index contributed by atoms with van der Waals surface area (Å²) in [6.45, 7) is 0. The van der Waals surface area contributed by atoms with E-state index in [0.29, 0.717) is 0 Å². The van der Waals surface area contributed by atoms with Gasteiger partial charge in [-0.3, -0.25) is 19.9 Å². The highest BCUT2D eigenvalue weighted by molar-refractivity contribution is 6.30. The summed E-state index contributed by atoms with van der Waals surface area (Å²) in [6, 6.07) is 1.08. The number of aliphatic carboxylic acids is 1. The predicted octanol–water partition coefficient (Wildman–Crippen LogP) is 1.27. The Balaban J connectivity index is 3.14. The molecule has 14 heavy (non-hydrogen) atoms. The minimum atomic E-state index is -1.18. The molecular weight excluding hydrogens is 212 g/mol. The fourth-order valence-corrected chi connectivity index (χ4v) is 1.05. The SMILES string of the molecule is O=C(O)Cc1ncc(Cl)cc1[N+](=O)[O-]. The Morgan fingerprint density at radius 1 is 1.71 bits per heavy atom. The van der Waals surface area contributed by atoms with Crippen LogP contribution in [0.3, 0.4) is 0 Å². The number of nitro groups is 1. The predicted molar refractivity (Wildman–Crippen MR) is 47.2 cm³/mol. The molecule has 0 radical (unpaired) electrons. The summed E-state index contributed by atoms with van der Waals surface area (Å²) in [5.41, 5.74) is -0.480. The van der Waals surface area contributed by atoms with Crippen LogP contribution in [0.4, 0.5) is 5.69 Å². The van der Waals surface area contributed by atoms with E-state index in [4.69, 9.17) is 16.7 Å². The maximum atomic E-state index is 10.5. The average Bonchev–Trinajstić information content (AvgIpc) is 2.07. The van der Waals surface area contributed by atoms with E-state index in [1.54, 1.807) is 0 Å². The molecule has 0 spiro atoms. The van der Waals surface area contributed by atoms with Crippen molar-refractivity contribution >= 4 is 23.3 Å². The van der Waals surface area contributed by atoms with E-state index in [1.165, 1.54) is 6.20 Å². The Bertz CT molecular complexity index is 393. The second kappa shape index (κ2) is 4.01. The molecule has 0 aromatic carbocycles. The van der Waals surface area contributed by atoms with Crippen LogP contribution in [-0.4, -0.2) is 21.0 Å². The Morgan fingerprint density at radius 3 is 2.86 bits per heavy atom. The van der Waals surface area contributed by atoms with Gasteiger partial charge >= 0.3 is 5.97 Å². The van der Waals surface area contributed by atoms with Gasteiger partial charge in [0.25, 0.3) is 5.69 Å². The molecule has 1 aromatic heterocycles. The van der Waals surface area contributed by atoms with Crippen molar-refractivity contribution in [2.75, 3.05) is 0 Å². The van der Waals surface area contributed by atoms with Gasteiger partial charge in [0.05, 0.1) is 16.4 Å². The minimum Gasteiger partial charge on any atom is -0.481 e. The maximum absolute atomic E-state index is 10.5. The Labute approximate surface area is 83.3 Å². The first-order valence-corrected chi connectivity index (χ1v) is 3.89. The van der Waals surface area contributed by atoms with Crippen molar-refractivity contribution in [3.63, 3.8) is 0 Å². The van der Waals surface area contributed by atoms with Crippen LogP contribution in [0.25, 0.3) is 0 Å². The quantitative estimate of drug-likeness (QED) is 0.607. The number of nitrogens with zero attached hydrogens (tertiary/aromatic N) is 2. The van der Waals surface area contributed by atoms with Gasteiger partial charge in [-0.2, -0.15) is 0 Å². The Hall–Kier alpha value is -1.69. The van der Waals surface area contributed by atoms with Crippen LogP contribution in [-0.2, 0) is 11.2 Å². The first kappa shape index (κ1) is 10.4. The van der Waals surface area contributed by atoms with Crippen molar-refractivity contribution in [1.29, 1.82) is 0 Å². The van der Waals surface area contributed by atoms with Crippen molar-refractivity contribution in [2.24, 2.45) is 0 Å². The van der Waals surface area contributed by atoms with Crippen LogP contribution >= 0.6 is 11.6 Å². The van der Waals surface area contributed by atoms with E-state index in [0.717, 1.165) is 6.07 Å². The number of aromatic nitrogens is 1. The van der Waals surface area contributed by atoms with Gasteiger partial charge < -0.3 is 5.11 Å². The van der Waals surface area contributed by atoms with Gasteiger partial charge in [-0.1, -0.05) is 11.6 Å². The van der Waals surface area contributed by atoms with Crippen LogP contribution < -0.4 is 0 Å². The van der Waals surface area contributed by atoms with Crippen molar-refractivity contribution in [1.82, 2.24) is 4.98 Å². The lowest BCUT2D eigenvalue weighted by Gasteiger charge is -1.98. The van der Waals surface area contributed by atoms with Crippen molar-refractivity contribution < 1.29 is 14.8 Å². The minimum absolute atomic E-state index is 0.103. The molecule has 7 heteroatoms. The highest BCUT2D eigenvalue weighted by Crippen LogP contribution is 2.20. The molecule has 0 aliphatic rings. The van der Waals surface area contributed by atoms with Crippen molar-refractivity contribution in [3.05, 3.63) is 33.1 Å². The number of carboxylic acid groups (broad SMARTS) is 1. The highest BCUT2D eigenvalue weighted by Gasteiger charge is 2.17. The molecule has 0 unspecified atom stereocenters. The summed E-state index contributed by atoms with van der Waals surface area (Å²) in [4.78, 5) is 23.7. The summed E-state index contributed by atoms with van der Waals surface area (Å²) < 4.78 is 0. The van der Waals surface area contributed by atoms with E-state index in [-0.39, 0.29) is 16.4 Å². The fourth-order valence-electron chi connectivity index (χ4n) is 0.894. The second-order valence-corrected chi connectivity index (χ2v) is 2.88. The molecule has 1 aromatic rings. The van der Waals surface area contributed by atoms with Crippen LogP contribution in [0.5, 0.6) is 0 Å². The number of hydrogen-bond donors (Lipinski definition) is 1. The summed E-state index contributed by atoms with van der Waals surface area (Å²) in [5, 5.41) is 19.0. The standard InChI is InChI=1S/C7H5ClN2O4/c8-4-1-6(10(13)14)5(9-3-4)2-7(11)12/h1,3H,2H2,(H,11,12). The molecule has 0 saturated carbocycles. The van der Waals surface area contributed by atoms with E-state index in [1.807, 2.05) is 0 Å². The number of hydrogen-bond acceptors (Lipinski definition) is 4. The monoisotopic (exact) mass is 216 g/mol. The third-order valence-electron chi connectivity index (χ3n) is 1.43. The van der Waals surface area contributed by atoms with Crippen LogP contribution in [0.1, 0.15) is 5.69 Å². The van der Waals surface area contributed by atoms with Crippen LogP contribution in [0.15, 0.2) is 12.3 Å². The molecule has 0 atom stereocenters. The Morgan fingerprint density at radius 2 is 2.36 bits per heavy atom. The summed E-state index contributed by atoms with van der Waals surface area (Å²) in [7, 11) is 0. The number of halogens is 1. The van der Waals surface area contributed by atoms with Crippen molar-refractivity contribution in [2.45, 2.75) is 6.42 Å². The van der Waals surface area contributed by atoms with E-state index in [9.17, 15) is 14.9 Å². The van der Waals surface area contributed by atoms with Gasteiger partial charge in [0.2, 0.25) is 0 Å². The number of rotatable bonds is 3. The van der Waals surface area contributed by atoms with Crippen LogP contribution in [0.2, 0.25) is 5.02 Å². The number of pyridine rings is 1. The summed E-state index contributed by atoms with van der Waals surface area (Å²) in [5.74, 6) is -1.18. The van der Waals surface area contributed by atoms with E-state index in [2.05, 4.69) is 4.98 Å². The molecule has 0 aliphatic heterocycles. The lowest BCUT2D eigenvalue weighted by atomic mass is 10.2. The van der Waals surface area contributed by atoms with Gasteiger partial charge in [0.15, 0.2) is 0 Å². The molecule has 0 aliphatic carbocycles. The largest absolute Gasteiger partial charge is 0.481 e. The topological polar surface area (TPSA) is 93.3 Å². The molecule has 1 rings (SSSR count). The number of carboxylic acids is 1. The van der Waals surface area contributed by atoms with Gasteiger partial charge in [0.1, 0.15) is 5.69 Å². The zero-order chi connectivity index (χ0) is 10.7. The fraction of sp³-hybridized carbons (Fsp3) is 0.143. The lowest BCUT2D eigenvalue weighted by Crippen LogP contribution is -2.05. The molecule has 1 heterocycles. The maximum Gasteiger partial charge on any atom is 0.309 e. The third kappa shape index (κ3) is 2.40. The van der Waals surface area contributed by atoms with E-state index < -0.39 is 17.3 Å². The molecule has 6 nitrogen and oxygen atoms in total. The zero-order valence-electron chi connectivity index (χ0n) is 6.81. The first-order valence-electron chi connectivity index (χ1n) is 3.51. The second-order valence-electron chi connectivity index (χ2n) is 2.45. The summed E-state index contributed by atoms with van der Waals surface area (Å²) >= 11 is 5.48. The number of carbonyl (C=O) groups is 1. The lowest BCUT2D eigenvalue weighted by molar-refractivity contribution is -0.385. The van der Waals surface area contributed by atoms with Gasteiger partial charge in [-0.15, -0.1) is 0 Å². The van der Waals surface area contributed by atoms with E-state index >= 15 is 0 Å². The van der Waals surface area contributed by atoms with Crippen LogP contribution in [0, 0.1) is 10.1 Å².